The van der Waals surface area contributed by atoms with E-state index < -0.39 is 17.8 Å². The van der Waals surface area contributed by atoms with Gasteiger partial charge in [-0.25, -0.2) is 4.79 Å². The van der Waals surface area contributed by atoms with Gasteiger partial charge in [-0.1, -0.05) is 42.5 Å². The fraction of sp³-hybridized carbons (Fsp3) is 0.118. The maximum absolute atomic E-state index is 11.7. The molecule has 0 unspecified atom stereocenters. The zero-order chi connectivity index (χ0) is 15.5. The molecule has 0 bridgehead atoms. The van der Waals surface area contributed by atoms with E-state index in [0.717, 1.165) is 16.3 Å². The fourth-order valence-corrected chi connectivity index (χ4v) is 2.33. The second-order valence-electron chi connectivity index (χ2n) is 4.89. The minimum absolute atomic E-state index is 0.0825. The summed E-state index contributed by atoms with van der Waals surface area (Å²) in [5.74, 6) is -1.73. The summed E-state index contributed by atoms with van der Waals surface area (Å²) in [5, 5.41) is 2.60. The summed E-state index contributed by atoms with van der Waals surface area (Å²) in [6, 6.07) is 13.5. The van der Waals surface area contributed by atoms with Gasteiger partial charge < -0.3 is 4.84 Å². The predicted octanol–water partition coefficient (Wildman–Crippen LogP) is 2.46. The third kappa shape index (κ3) is 2.74. The van der Waals surface area contributed by atoms with E-state index in [1.807, 2.05) is 42.5 Å². The van der Waals surface area contributed by atoms with Crippen LogP contribution in [0, 0.1) is 0 Å². The SMILES string of the molecule is O=C(C=Cc1cccc2ccccc12)ON1C(=O)CCC1=O. The summed E-state index contributed by atoms with van der Waals surface area (Å²) in [6.45, 7) is 0. The molecule has 1 fully saturated rings. The standard InChI is InChI=1S/C17H13NO4/c19-15-9-10-16(20)18(15)22-17(21)11-8-13-6-3-5-12-4-1-2-7-14(12)13/h1-8,11H,9-10H2. The normalized spacial score (nSPS) is 15.0. The number of benzene rings is 2. The Hall–Kier alpha value is -2.95. The highest BCUT2D eigenvalue weighted by Gasteiger charge is 2.32. The molecule has 2 amide bonds. The Morgan fingerprint density at radius 3 is 2.45 bits per heavy atom. The number of imide groups is 1. The first-order valence-corrected chi connectivity index (χ1v) is 6.89. The number of carbonyl (C=O) groups is 3. The Labute approximate surface area is 126 Å². The molecule has 0 spiro atoms. The maximum atomic E-state index is 11.7. The van der Waals surface area contributed by atoms with Crippen LogP contribution in [0.25, 0.3) is 16.8 Å². The van der Waals surface area contributed by atoms with Gasteiger partial charge in [-0.05, 0) is 22.4 Å². The molecular formula is C17H13NO4. The summed E-state index contributed by atoms with van der Waals surface area (Å²) >= 11 is 0. The second-order valence-corrected chi connectivity index (χ2v) is 4.89. The third-order valence-corrected chi connectivity index (χ3v) is 3.41. The smallest absolute Gasteiger partial charge is 0.326 e. The number of rotatable bonds is 3. The topological polar surface area (TPSA) is 63.7 Å². The molecule has 2 aromatic rings. The van der Waals surface area contributed by atoms with Crippen LogP contribution >= 0.6 is 0 Å². The van der Waals surface area contributed by atoms with Gasteiger partial charge in [-0.2, -0.15) is 0 Å². The Morgan fingerprint density at radius 2 is 1.68 bits per heavy atom. The van der Waals surface area contributed by atoms with Crippen LogP contribution in [0.5, 0.6) is 0 Å². The van der Waals surface area contributed by atoms with Gasteiger partial charge in [0.05, 0.1) is 0 Å². The van der Waals surface area contributed by atoms with E-state index in [4.69, 9.17) is 4.84 Å². The van der Waals surface area contributed by atoms with Crippen LogP contribution in [-0.2, 0) is 19.2 Å². The summed E-state index contributed by atoms with van der Waals surface area (Å²) in [6.07, 6.45) is 2.98. The number of nitrogens with zero attached hydrogens (tertiary/aromatic N) is 1. The highest BCUT2D eigenvalue weighted by Crippen LogP contribution is 2.19. The van der Waals surface area contributed by atoms with Crippen molar-refractivity contribution in [3.63, 3.8) is 0 Å². The molecule has 0 aliphatic carbocycles. The number of hydroxylamine groups is 2. The van der Waals surface area contributed by atoms with Crippen LogP contribution in [0.15, 0.2) is 48.5 Å². The highest BCUT2D eigenvalue weighted by molar-refractivity contribution is 6.02. The van der Waals surface area contributed by atoms with Crippen LogP contribution in [-0.4, -0.2) is 22.8 Å². The minimum Gasteiger partial charge on any atom is -0.326 e. The average Bonchev–Trinajstić information content (AvgIpc) is 2.85. The molecule has 0 radical (unpaired) electrons. The maximum Gasteiger partial charge on any atom is 0.356 e. The molecule has 5 heteroatoms. The van der Waals surface area contributed by atoms with Crippen molar-refractivity contribution in [2.75, 3.05) is 0 Å². The lowest BCUT2D eigenvalue weighted by Crippen LogP contribution is -2.31. The van der Waals surface area contributed by atoms with Crippen molar-refractivity contribution in [2.24, 2.45) is 0 Å². The minimum atomic E-state index is -0.753. The van der Waals surface area contributed by atoms with Gasteiger partial charge in [0.15, 0.2) is 0 Å². The first-order valence-electron chi connectivity index (χ1n) is 6.89. The molecule has 0 N–H and O–H groups in total. The number of amides is 2. The van der Waals surface area contributed by atoms with Gasteiger partial charge in [0.25, 0.3) is 11.8 Å². The van der Waals surface area contributed by atoms with Gasteiger partial charge in [-0.3, -0.25) is 9.59 Å². The van der Waals surface area contributed by atoms with E-state index in [1.165, 1.54) is 6.08 Å². The third-order valence-electron chi connectivity index (χ3n) is 3.41. The first kappa shape index (κ1) is 14.0. The van der Waals surface area contributed by atoms with E-state index in [9.17, 15) is 14.4 Å². The summed E-state index contributed by atoms with van der Waals surface area (Å²) < 4.78 is 0. The van der Waals surface area contributed by atoms with Crippen molar-refractivity contribution >= 4 is 34.6 Å². The number of carbonyl (C=O) groups excluding carboxylic acids is 3. The van der Waals surface area contributed by atoms with Crippen LogP contribution in [0.4, 0.5) is 0 Å². The van der Waals surface area contributed by atoms with Crippen molar-refractivity contribution in [1.82, 2.24) is 5.06 Å². The van der Waals surface area contributed by atoms with E-state index >= 15 is 0 Å². The molecule has 0 atom stereocenters. The Kier molecular flexibility index (Phi) is 3.70. The van der Waals surface area contributed by atoms with Crippen LogP contribution in [0.2, 0.25) is 0 Å². The molecule has 22 heavy (non-hydrogen) atoms. The van der Waals surface area contributed by atoms with Gasteiger partial charge in [0, 0.05) is 18.9 Å². The Morgan fingerprint density at radius 1 is 1.00 bits per heavy atom. The van der Waals surface area contributed by atoms with Crippen LogP contribution < -0.4 is 0 Å². The number of hydrogen-bond acceptors (Lipinski definition) is 4. The van der Waals surface area contributed by atoms with Crippen LogP contribution in [0.3, 0.4) is 0 Å². The lowest BCUT2D eigenvalue weighted by molar-refractivity contribution is -0.193. The van der Waals surface area contributed by atoms with Crippen LogP contribution in [0.1, 0.15) is 18.4 Å². The fourth-order valence-electron chi connectivity index (χ4n) is 2.33. The first-order chi connectivity index (χ1) is 10.6. The van der Waals surface area contributed by atoms with Crippen molar-refractivity contribution in [3.8, 4) is 0 Å². The average molecular weight is 295 g/mol. The molecule has 1 aliphatic rings. The predicted molar refractivity (Wildman–Crippen MR) is 80.2 cm³/mol. The Bertz CT molecular complexity index is 773. The lowest BCUT2D eigenvalue weighted by Gasteiger charge is -2.10. The second kappa shape index (κ2) is 5.81. The largest absolute Gasteiger partial charge is 0.356 e. The van der Waals surface area contributed by atoms with Crippen molar-refractivity contribution in [1.29, 1.82) is 0 Å². The van der Waals surface area contributed by atoms with Crippen molar-refractivity contribution < 1.29 is 19.2 Å². The molecule has 3 rings (SSSR count). The van der Waals surface area contributed by atoms with E-state index in [1.54, 1.807) is 6.08 Å². The van der Waals surface area contributed by atoms with E-state index in [2.05, 4.69) is 0 Å². The highest BCUT2D eigenvalue weighted by atomic mass is 16.7. The monoisotopic (exact) mass is 295 g/mol. The molecule has 1 heterocycles. The molecule has 0 saturated carbocycles. The quantitative estimate of drug-likeness (QED) is 0.644. The van der Waals surface area contributed by atoms with Gasteiger partial charge in [0.1, 0.15) is 0 Å². The lowest BCUT2D eigenvalue weighted by atomic mass is 10.0. The molecule has 0 aromatic heterocycles. The summed E-state index contributed by atoms with van der Waals surface area (Å²) in [5.41, 5.74) is 0.856. The van der Waals surface area contributed by atoms with Crippen molar-refractivity contribution in [3.05, 3.63) is 54.1 Å². The number of fused-ring (bicyclic) bond motifs is 1. The van der Waals surface area contributed by atoms with E-state index in [-0.39, 0.29) is 12.8 Å². The van der Waals surface area contributed by atoms with E-state index in [0.29, 0.717) is 5.06 Å². The van der Waals surface area contributed by atoms with Gasteiger partial charge in [0.2, 0.25) is 0 Å². The zero-order valence-electron chi connectivity index (χ0n) is 11.7. The summed E-state index contributed by atoms with van der Waals surface area (Å²) in [7, 11) is 0. The van der Waals surface area contributed by atoms with Gasteiger partial charge >= 0.3 is 5.97 Å². The van der Waals surface area contributed by atoms with Crippen molar-refractivity contribution in [2.45, 2.75) is 12.8 Å². The zero-order valence-corrected chi connectivity index (χ0v) is 11.7. The molecule has 2 aromatic carbocycles. The Balaban J connectivity index is 1.77. The molecule has 5 nitrogen and oxygen atoms in total. The molecule has 1 aliphatic heterocycles. The number of hydrogen-bond donors (Lipinski definition) is 0. The molecule has 1 saturated heterocycles. The summed E-state index contributed by atoms with van der Waals surface area (Å²) in [4.78, 5) is 39.3. The van der Waals surface area contributed by atoms with Gasteiger partial charge in [-0.15, -0.1) is 5.06 Å². The molecular weight excluding hydrogens is 282 g/mol. The molecule has 110 valence electrons.